The Hall–Kier alpha value is -1.50. The van der Waals surface area contributed by atoms with Crippen molar-refractivity contribution in [1.29, 1.82) is 0 Å². The summed E-state index contributed by atoms with van der Waals surface area (Å²) in [5.74, 6) is -1.32. The van der Waals surface area contributed by atoms with Gasteiger partial charge in [0.25, 0.3) is 0 Å². The van der Waals surface area contributed by atoms with Gasteiger partial charge in [0.05, 0.1) is 0 Å². The zero-order valence-electron chi connectivity index (χ0n) is 26.7. The number of carbonyl (C=O) groups is 2. The normalized spacial score (nSPS) is 13.0. The molecule has 1 aromatic carbocycles. The molecular formula is C32H57O7PS. The second kappa shape index (κ2) is 18.9. The molecule has 1 rings (SSSR count). The molecule has 0 radical (unpaired) electrons. The van der Waals surface area contributed by atoms with E-state index in [1.54, 1.807) is 0 Å². The van der Waals surface area contributed by atoms with Crippen molar-refractivity contribution in [2.75, 3.05) is 37.9 Å². The minimum absolute atomic E-state index is 0.0118. The van der Waals surface area contributed by atoms with Gasteiger partial charge in [0.15, 0.2) is 0 Å². The third-order valence-electron chi connectivity index (χ3n) is 7.75. The van der Waals surface area contributed by atoms with Crippen LogP contribution in [0.25, 0.3) is 0 Å². The van der Waals surface area contributed by atoms with Crippen molar-refractivity contribution in [2.24, 2.45) is 0 Å². The molecule has 0 N–H and O–H groups in total. The number of hydrogen-bond acceptors (Lipinski definition) is 7. The summed E-state index contributed by atoms with van der Waals surface area (Å²) in [6, 6.07) is 3.97. The summed E-state index contributed by atoms with van der Waals surface area (Å²) in [6.07, 6.45) is 13.6. The van der Waals surface area contributed by atoms with E-state index in [2.05, 4.69) is 27.7 Å². The SMILES string of the molecule is CCCCOC(=O)c1cc(C(=O)OCCCC)cc(S(=O)(=O)OP(CCCC)(CCCC)(CCCC)CCCC)c1. The zero-order chi connectivity index (χ0) is 30.8. The molecule has 0 bridgehead atoms. The van der Waals surface area contributed by atoms with E-state index in [1.807, 2.05) is 13.8 Å². The van der Waals surface area contributed by atoms with Crippen molar-refractivity contribution < 1.29 is 31.5 Å². The average Bonchev–Trinajstić information content (AvgIpc) is 2.97. The third-order valence-corrected chi connectivity index (χ3v) is 16.8. The Morgan fingerprint density at radius 2 is 0.927 bits per heavy atom. The average molecular weight is 617 g/mol. The van der Waals surface area contributed by atoms with Gasteiger partial charge in [-0.1, -0.05) is 0 Å². The molecule has 0 aliphatic rings. The fourth-order valence-electron chi connectivity index (χ4n) is 5.14. The Bertz CT molecular complexity index is 955. The third kappa shape index (κ3) is 12.0. The molecule has 0 heterocycles. The quantitative estimate of drug-likeness (QED) is 0.0688. The van der Waals surface area contributed by atoms with Gasteiger partial charge in [0, 0.05) is 0 Å². The molecule has 0 aliphatic heterocycles. The Morgan fingerprint density at radius 3 is 1.24 bits per heavy atom. The van der Waals surface area contributed by atoms with Gasteiger partial charge in [-0.2, -0.15) is 0 Å². The minimum atomic E-state index is -4.32. The first-order valence-corrected chi connectivity index (χ1v) is 20.3. The monoisotopic (exact) mass is 616 g/mol. The molecule has 0 unspecified atom stereocenters. The molecule has 0 saturated carbocycles. The molecule has 9 heteroatoms. The van der Waals surface area contributed by atoms with Gasteiger partial charge in [0.1, 0.15) is 0 Å². The van der Waals surface area contributed by atoms with Crippen molar-refractivity contribution in [2.45, 2.75) is 123 Å². The van der Waals surface area contributed by atoms with Crippen LogP contribution in [0.4, 0.5) is 0 Å². The number of hydrogen-bond donors (Lipinski definition) is 0. The molecule has 0 spiro atoms. The number of carbonyl (C=O) groups excluding carboxylic acids is 2. The van der Waals surface area contributed by atoms with Gasteiger partial charge < -0.3 is 0 Å². The number of ether oxygens (including phenoxy) is 2. The van der Waals surface area contributed by atoms with Crippen molar-refractivity contribution in [3.05, 3.63) is 29.3 Å². The molecule has 0 atom stereocenters. The summed E-state index contributed by atoms with van der Waals surface area (Å²) in [6.45, 7) is 9.71. The Morgan fingerprint density at radius 1 is 0.585 bits per heavy atom. The molecule has 0 fully saturated rings. The predicted molar refractivity (Wildman–Crippen MR) is 171 cm³/mol. The maximum absolute atomic E-state index is 14.3. The first kappa shape index (κ1) is 37.5. The molecule has 0 saturated heterocycles. The predicted octanol–water partition coefficient (Wildman–Crippen LogP) is 8.97. The molecule has 238 valence electrons. The van der Waals surface area contributed by atoms with Crippen LogP contribution in [0, 0.1) is 0 Å². The fourth-order valence-corrected chi connectivity index (χ4v) is 15.2. The summed E-state index contributed by atoms with van der Waals surface area (Å²) >= 11 is 0. The van der Waals surface area contributed by atoms with E-state index in [4.69, 9.17) is 13.4 Å². The number of benzene rings is 1. The molecule has 0 aliphatic carbocycles. The van der Waals surface area contributed by atoms with Gasteiger partial charge in [-0.15, -0.1) is 0 Å². The molecular weight excluding hydrogens is 559 g/mol. The molecule has 0 amide bonds. The topological polar surface area (TPSA) is 96.0 Å². The summed E-state index contributed by atoms with van der Waals surface area (Å²) < 4.78 is 46.0. The van der Waals surface area contributed by atoms with Gasteiger partial charge in [-0.25, -0.2) is 0 Å². The van der Waals surface area contributed by atoms with E-state index in [-0.39, 0.29) is 29.2 Å². The second-order valence-corrected chi connectivity index (χ2v) is 18.9. The zero-order valence-corrected chi connectivity index (χ0v) is 28.4. The van der Waals surface area contributed by atoms with Crippen LogP contribution in [-0.4, -0.2) is 58.2 Å². The van der Waals surface area contributed by atoms with Gasteiger partial charge >= 0.3 is 251 Å². The molecule has 41 heavy (non-hydrogen) atoms. The van der Waals surface area contributed by atoms with Crippen LogP contribution >= 0.6 is 6.83 Å². The second-order valence-electron chi connectivity index (χ2n) is 11.4. The van der Waals surface area contributed by atoms with Crippen molar-refractivity contribution in [1.82, 2.24) is 0 Å². The van der Waals surface area contributed by atoms with E-state index in [0.29, 0.717) is 12.8 Å². The van der Waals surface area contributed by atoms with Gasteiger partial charge in [-0.05, 0) is 0 Å². The molecule has 0 aromatic heterocycles. The summed E-state index contributed by atoms with van der Waals surface area (Å²) in [5, 5.41) is 0. The van der Waals surface area contributed by atoms with E-state index in [1.165, 1.54) is 18.2 Å². The van der Waals surface area contributed by atoms with Crippen molar-refractivity contribution in [3.8, 4) is 0 Å². The van der Waals surface area contributed by atoms with Crippen molar-refractivity contribution in [3.63, 3.8) is 0 Å². The maximum atomic E-state index is 14.3. The van der Waals surface area contributed by atoms with Crippen LogP contribution in [0.2, 0.25) is 0 Å². The van der Waals surface area contributed by atoms with Gasteiger partial charge in [0.2, 0.25) is 0 Å². The van der Waals surface area contributed by atoms with E-state index < -0.39 is 28.9 Å². The summed E-state index contributed by atoms with van der Waals surface area (Å²) in [7, 11) is -4.32. The van der Waals surface area contributed by atoms with Crippen LogP contribution in [0.1, 0.15) is 139 Å². The van der Waals surface area contributed by atoms with Crippen LogP contribution in [0.15, 0.2) is 23.1 Å². The summed E-state index contributed by atoms with van der Waals surface area (Å²) in [5.41, 5.74) is 0.0236. The van der Waals surface area contributed by atoms with E-state index in [9.17, 15) is 18.0 Å². The first-order valence-electron chi connectivity index (χ1n) is 16.0. The first-order chi connectivity index (χ1) is 19.6. The Kier molecular flexibility index (Phi) is 17.3. The van der Waals surface area contributed by atoms with E-state index >= 15 is 0 Å². The van der Waals surface area contributed by atoms with E-state index in [0.717, 1.165) is 88.9 Å². The van der Waals surface area contributed by atoms with Crippen LogP contribution in [0.3, 0.4) is 0 Å². The van der Waals surface area contributed by atoms with Gasteiger partial charge in [-0.3, -0.25) is 0 Å². The number of unbranched alkanes of at least 4 members (excludes halogenated alkanes) is 6. The summed E-state index contributed by atoms with van der Waals surface area (Å²) in [4.78, 5) is 25.7. The Balaban J connectivity index is 3.74. The van der Waals surface area contributed by atoms with Crippen LogP contribution in [0.5, 0.6) is 0 Å². The van der Waals surface area contributed by atoms with Crippen molar-refractivity contribution >= 4 is 28.9 Å². The number of esters is 2. The molecule has 7 nitrogen and oxygen atoms in total. The van der Waals surface area contributed by atoms with Crippen LogP contribution in [-0.2, 0) is 23.6 Å². The fraction of sp³-hybridized carbons (Fsp3) is 0.750. The Labute approximate surface area is 250 Å². The number of rotatable bonds is 23. The van der Waals surface area contributed by atoms with Crippen LogP contribution < -0.4 is 0 Å². The standard InChI is InChI=1S/C32H57O7PS/c1-7-13-19-37-31(33)28-25-29(32(34)38-20-14-8-2)27-30(26-28)41(35,36)39-40(21-15-9-3,22-16-10-4,23-17-11-5)24-18-12-6/h25-27H,7-24H2,1-6H3. The molecule has 1 aromatic rings.